The van der Waals surface area contributed by atoms with Crippen LogP contribution >= 0.6 is 0 Å². The Labute approximate surface area is 158 Å². The maximum atomic E-state index is 12.8. The number of hydrogen-bond donors (Lipinski definition) is 1. The van der Waals surface area contributed by atoms with Crippen molar-refractivity contribution in [3.63, 3.8) is 0 Å². The van der Waals surface area contributed by atoms with Crippen molar-refractivity contribution in [1.82, 2.24) is 14.5 Å². The van der Waals surface area contributed by atoms with Crippen LogP contribution in [0.15, 0.2) is 35.4 Å². The number of halogens is 2. The van der Waals surface area contributed by atoms with E-state index in [0.717, 1.165) is 43.4 Å². The normalized spacial score (nSPS) is 16.3. The van der Waals surface area contributed by atoms with Crippen molar-refractivity contribution in [3.05, 3.63) is 41.7 Å². The van der Waals surface area contributed by atoms with E-state index in [0.29, 0.717) is 10.6 Å². The summed E-state index contributed by atoms with van der Waals surface area (Å²) in [7, 11) is -3.94. The van der Waals surface area contributed by atoms with E-state index in [1.54, 1.807) is 0 Å². The second-order valence-corrected chi connectivity index (χ2v) is 8.69. The lowest BCUT2D eigenvalue weighted by Crippen LogP contribution is -2.34. The van der Waals surface area contributed by atoms with Gasteiger partial charge in [0.2, 0.25) is 10.0 Å². The molecule has 6 nitrogen and oxygen atoms in total. The molecule has 1 aliphatic rings. The highest BCUT2D eigenvalue weighted by Gasteiger charge is 2.23. The number of sulfonamides is 1. The van der Waals surface area contributed by atoms with Gasteiger partial charge in [-0.15, -0.1) is 0 Å². The summed E-state index contributed by atoms with van der Waals surface area (Å²) in [6, 6.07) is 7.66. The van der Waals surface area contributed by atoms with Crippen LogP contribution in [-0.4, -0.2) is 31.3 Å². The first-order chi connectivity index (χ1) is 12.8. The van der Waals surface area contributed by atoms with Gasteiger partial charge >= 0.3 is 6.55 Å². The molecule has 1 aromatic carbocycles. The van der Waals surface area contributed by atoms with Crippen LogP contribution in [0.3, 0.4) is 0 Å². The minimum Gasteiger partial charge on any atom is -0.371 e. The number of piperidine rings is 1. The third-order valence-corrected chi connectivity index (χ3v) is 6.43. The maximum Gasteiger partial charge on any atom is 0.333 e. The standard InChI is InChI=1S/C18H24F2N4O2S/c1-13-7-9-23(10-8-13)16-6-4-3-5-15(16)11-21-27(25,26)17-12-24(18(19)20)22-14(17)2/h3-6,12-13,18,21H,7-11H2,1-2H3. The minimum atomic E-state index is -3.94. The summed E-state index contributed by atoms with van der Waals surface area (Å²) in [5.41, 5.74) is 1.91. The van der Waals surface area contributed by atoms with Gasteiger partial charge < -0.3 is 4.90 Å². The van der Waals surface area contributed by atoms with E-state index in [4.69, 9.17) is 0 Å². The molecule has 1 aromatic heterocycles. The van der Waals surface area contributed by atoms with Crippen LogP contribution < -0.4 is 9.62 Å². The van der Waals surface area contributed by atoms with Crippen LogP contribution in [0.5, 0.6) is 0 Å². The van der Waals surface area contributed by atoms with Crippen LogP contribution in [0.4, 0.5) is 14.5 Å². The highest BCUT2D eigenvalue weighted by atomic mass is 32.2. The van der Waals surface area contributed by atoms with Gasteiger partial charge in [-0.1, -0.05) is 25.1 Å². The molecule has 0 radical (unpaired) electrons. The van der Waals surface area contributed by atoms with Crippen LogP contribution in [0.1, 0.15) is 37.6 Å². The van der Waals surface area contributed by atoms with Gasteiger partial charge in [0.25, 0.3) is 0 Å². The smallest absolute Gasteiger partial charge is 0.333 e. The second kappa shape index (κ2) is 7.93. The molecule has 1 N–H and O–H groups in total. The number of nitrogens with one attached hydrogen (secondary N) is 1. The predicted octanol–water partition coefficient (Wildman–Crippen LogP) is 3.30. The zero-order chi connectivity index (χ0) is 19.6. The number of para-hydroxylation sites is 1. The third-order valence-electron chi connectivity index (χ3n) is 4.93. The monoisotopic (exact) mass is 398 g/mol. The number of benzene rings is 1. The quantitative estimate of drug-likeness (QED) is 0.811. The van der Waals surface area contributed by atoms with Crippen molar-refractivity contribution in [2.24, 2.45) is 5.92 Å². The molecular formula is C18H24F2N4O2S. The largest absolute Gasteiger partial charge is 0.371 e. The highest BCUT2D eigenvalue weighted by molar-refractivity contribution is 7.89. The Morgan fingerprint density at radius 2 is 1.93 bits per heavy atom. The number of hydrogen-bond acceptors (Lipinski definition) is 4. The summed E-state index contributed by atoms with van der Waals surface area (Å²) in [5, 5.41) is 3.57. The summed E-state index contributed by atoms with van der Waals surface area (Å²) in [5.74, 6) is 0.696. The minimum absolute atomic E-state index is 0.0427. The Morgan fingerprint density at radius 1 is 1.26 bits per heavy atom. The van der Waals surface area contributed by atoms with Gasteiger partial charge in [-0.05, 0) is 37.3 Å². The van der Waals surface area contributed by atoms with Crippen molar-refractivity contribution < 1.29 is 17.2 Å². The molecule has 0 aliphatic carbocycles. The Kier molecular flexibility index (Phi) is 5.81. The van der Waals surface area contributed by atoms with Crippen molar-refractivity contribution in [1.29, 1.82) is 0 Å². The highest BCUT2D eigenvalue weighted by Crippen LogP contribution is 2.26. The maximum absolute atomic E-state index is 12.8. The van der Waals surface area contributed by atoms with Crippen molar-refractivity contribution in [3.8, 4) is 0 Å². The SMILES string of the molecule is Cc1nn(C(F)F)cc1S(=O)(=O)NCc1ccccc1N1CCC(C)CC1. The molecule has 0 bridgehead atoms. The van der Waals surface area contributed by atoms with Gasteiger partial charge in [-0.2, -0.15) is 13.9 Å². The fraction of sp³-hybridized carbons (Fsp3) is 0.500. The van der Waals surface area contributed by atoms with Gasteiger partial charge in [0, 0.05) is 25.3 Å². The molecule has 27 heavy (non-hydrogen) atoms. The molecule has 0 saturated carbocycles. The second-order valence-electron chi connectivity index (χ2n) is 6.96. The van der Waals surface area contributed by atoms with E-state index in [9.17, 15) is 17.2 Å². The molecule has 0 amide bonds. The summed E-state index contributed by atoms with van der Waals surface area (Å²) >= 11 is 0. The fourth-order valence-electron chi connectivity index (χ4n) is 3.30. The topological polar surface area (TPSA) is 67.2 Å². The van der Waals surface area contributed by atoms with E-state index in [1.165, 1.54) is 6.92 Å². The Balaban J connectivity index is 1.77. The zero-order valence-electron chi connectivity index (χ0n) is 15.4. The average Bonchev–Trinajstić information content (AvgIpc) is 3.04. The number of rotatable bonds is 6. The van der Waals surface area contributed by atoms with Gasteiger partial charge in [0.1, 0.15) is 4.90 Å². The molecule has 3 rings (SSSR count). The molecule has 1 aliphatic heterocycles. The average molecular weight is 398 g/mol. The number of anilines is 1. The molecule has 0 unspecified atom stereocenters. The summed E-state index contributed by atoms with van der Waals surface area (Å²) < 4.78 is 53.5. The number of nitrogens with zero attached hydrogens (tertiary/aromatic N) is 3. The van der Waals surface area contributed by atoms with Gasteiger partial charge in [0.05, 0.1) is 11.9 Å². The lowest BCUT2D eigenvalue weighted by atomic mass is 9.98. The Morgan fingerprint density at radius 3 is 2.56 bits per heavy atom. The number of alkyl halides is 2. The van der Waals surface area contributed by atoms with E-state index < -0.39 is 16.6 Å². The fourth-order valence-corrected chi connectivity index (χ4v) is 4.48. The van der Waals surface area contributed by atoms with Crippen molar-refractivity contribution >= 4 is 15.7 Å². The molecule has 1 fully saturated rings. The Hall–Kier alpha value is -2.00. The number of aromatic nitrogens is 2. The van der Waals surface area contributed by atoms with E-state index in [2.05, 4.69) is 21.6 Å². The predicted molar refractivity (Wildman–Crippen MR) is 99.3 cm³/mol. The van der Waals surface area contributed by atoms with E-state index in [-0.39, 0.29) is 17.1 Å². The summed E-state index contributed by atoms with van der Waals surface area (Å²) in [6.45, 7) is 2.71. The molecule has 0 spiro atoms. The summed E-state index contributed by atoms with van der Waals surface area (Å²) in [4.78, 5) is 2.04. The lowest BCUT2D eigenvalue weighted by molar-refractivity contribution is 0.0561. The molecule has 0 atom stereocenters. The van der Waals surface area contributed by atoms with Crippen LogP contribution in [0.2, 0.25) is 0 Å². The third kappa shape index (κ3) is 4.47. The van der Waals surface area contributed by atoms with Gasteiger partial charge in [0.15, 0.2) is 0 Å². The first-order valence-corrected chi connectivity index (χ1v) is 10.4. The zero-order valence-corrected chi connectivity index (χ0v) is 16.2. The van der Waals surface area contributed by atoms with Gasteiger partial charge in [-0.3, -0.25) is 0 Å². The van der Waals surface area contributed by atoms with Crippen molar-refractivity contribution in [2.75, 3.05) is 18.0 Å². The van der Waals surface area contributed by atoms with Gasteiger partial charge in [-0.25, -0.2) is 17.8 Å². The van der Waals surface area contributed by atoms with E-state index in [1.807, 2.05) is 24.3 Å². The van der Waals surface area contributed by atoms with Crippen LogP contribution in [-0.2, 0) is 16.6 Å². The van der Waals surface area contributed by atoms with Crippen molar-refractivity contribution in [2.45, 2.75) is 44.7 Å². The first-order valence-electron chi connectivity index (χ1n) is 8.94. The van der Waals surface area contributed by atoms with Crippen LogP contribution in [0.25, 0.3) is 0 Å². The molecule has 1 saturated heterocycles. The Bertz CT molecular complexity index is 891. The number of aryl methyl sites for hydroxylation is 1. The molecular weight excluding hydrogens is 374 g/mol. The first kappa shape index (κ1) is 19.8. The molecule has 148 valence electrons. The molecule has 9 heteroatoms. The van der Waals surface area contributed by atoms with E-state index >= 15 is 0 Å². The molecule has 2 aromatic rings. The molecule has 2 heterocycles. The van der Waals surface area contributed by atoms with Crippen LogP contribution in [0, 0.1) is 12.8 Å². The summed E-state index contributed by atoms with van der Waals surface area (Å²) in [6.07, 6.45) is 3.07. The lowest BCUT2D eigenvalue weighted by Gasteiger charge is -2.33.